The van der Waals surface area contributed by atoms with E-state index < -0.39 is 0 Å². The third kappa shape index (κ3) is 6.89. The van der Waals surface area contributed by atoms with Crippen LogP contribution in [0.5, 0.6) is 0 Å². The Morgan fingerprint density at radius 1 is 0.282 bits per heavy atom. The van der Waals surface area contributed by atoms with E-state index in [1.54, 1.807) is 0 Å². The lowest BCUT2D eigenvalue weighted by Crippen LogP contribution is -2.10. The predicted octanol–water partition coefficient (Wildman–Crippen LogP) is 19.1. The molecule has 71 heavy (non-hydrogen) atoms. The SMILES string of the molecule is c1cc(-c2ccc(N(c3cccc(-c4ccc5c(ccc6ccccc65)c4)c3)c3cccc(-c4cccc5c4oc4ccccc45)c3)cc2)cc(-c2ccccc2-n2c3ccccc3c3ccccc32)c1. The summed E-state index contributed by atoms with van der Waals surface area (Å²) in [7, 11) is 0. The van der Waals surface area contributed by atoms with Crippen molar-refractivity contribution in [1.82, 2.24) is 4.57 Å². The van der Waals surface area contributed by atoms with E-state index >= 15 is 0 Å². The molecule has 0 N–H and O–H groups in total. The molecule has 0 aliphatic heterocycles. The van der Waals surface area contributed by atoms with E-state index in [-0.39, 0.29) is 0 Å². The fourth-order valence-corrected chi connectivity index (χ4v) is 11.0. The number of rotatable bonds is 8. The lowest BCUT2D eigenvalue weighted by Gasteiger charge is -2.27. The van der Waals surface area contributed by atoms with Crippen LogP contribution in [0.3, 0.4) is 0 Å². The van der Waals surface area contributed by atoms with E-state index in [4.69, 9.17) is 4.42 Å². The Labute approximate surface area is 411 Å². The van der Waals surface area contributed by atoms with Crippen LogP contribution in [0.4, 0.5) is 17.1 Å². The van der Waals surface area contributed by atoms with E-state index in [2.05, 4.69) is 264 Å². The molecule has 0 bridgehead atoms. The van der Waals surface area contributed by atoms with Crippen LogP contribution in [0, 0.1) is 0 Å². The summed E-state index contributed by atoms with van der Waals surface area (Å²) in [6, 6.07) is 96.7. The van der Waals surface area contributed by atoms with Gasteiger partial charge in [-0.2, -0.15) is 0 Å². The number of hydrogen-bond donors (Lipinski definition) is 0. The molecular formula is C68H44N2O. The Bertz CT molecular complexity index is 4310. The van der Waals surface area contributed by atoms with E-state index in [1.807, 2.05) is 12.1 Å². The molecule has 0 aliphatic rings. The highest BCUT2D eigenvalue weighted by atomic mass is 16.3. The molecule has 3 heteroatoms. The third-order valence-corrected chi connectivity index (χ3v) is 14.4. The van der Waals surface area contributed by atoms with Crippen molar-refractivity contribution in [2.45, 2.75) is 0 Å². The number of fused-ring (bicyclic) bond motifs is 9. The Morgan fingerprint density at radius 3 is 1.59 bits per heavy atom. The summed E-state index contributed by atoms with van der Waals surface area (Å²) < 4.78 is 8.98. The largest absolute Gasteiger partial charge is 0.455 e. The molecule has 0 saturated heterocycles. The first-order valence-electron chi connectivity index (χ1n) is 24.3. The molecule has 0 radical (unpaired) electrons. The molecule has 0 spiro atoms. The first-order chi connectivity index (χ1) is 35.2. The molecule has 2 heterocycles. The minimum Gasteiger partial charge on any atom is -0.455 e. The van der Waals surface area contributed by atoms with Crippen molar-refractivity contribution >= 4 is 82.4 Å². The van der Waals surface area contributed by atoms with Gasteiger partial charge in [0.15, 0.2) is 0 Å². The number of hydrogen-bond acceptors (Lipinski definition) is 2. The molecular weight excluding hydrogens is 861 g/mol. The van der Waals surface area contributed by atoms with E-state index in [0.717, 1.165) is 72.5 Å². The van der Waals surface area contributed by atoms with Crippen LogP contribution >= 0.6 is 0 Å². The summed E-state index contributed by atoms with van der Waals surface area (Å²) in [4.78, 5) is 2.38. The standard InChI is InChI=1S/C68H44N2O/c1-2-22-56-46(15-1)33-34-52-42-49(37-40-57(52)56)48-17-12-20-54(43-48)69(55-21-13-19-51(44-55)59-27-14-28-63-62-26-6-10-32-67(62)71-68(59)63)53-38-35-45(36-39-53)47-16-11-18-50(41-47)58-23-3-7-29-64(58)70-65-30-8-4-24-60(65)61-25-5-9-31-66(61)70/h1-44H. The van der Waals surface area contributed by atoms with Gasteiger partial charge < -0.3 is 13.9 Å². The van der Waals surface area contributed by atoms with Gasteiger partial charge in [0.1, 0.15) is 11.2 Å². The maximum absolute atomic E-state index is 6.56. The van der Waals surface area contributed by atoms with Crippen LogP contribution in [0.15, 0.2) is 271 Å². The number of anilines is 3. The molecule has 0 fully saturated rings. The van der Waals surface area contributed by atoms with E-state index in [0.29, 0.717) is 0 Å². The Kier molecular flexibility index (Phi) is 9.53. The van der Waals surface area contributed by atoms with Crippen LogP contribution in [-0.4, -0.2) is 4.57 Å². The Morgan fingerprint density at radius 2 is 0.803 bits per heavy atom. The van der Waals surface area contributed by atoms with Gasteiger partial charge in [0.05, 0.1) is 16.7 Å². The lowest BCUT2D eigenvalue weighted by molar-refractivity contribution is 0.670. The second-order valence-electron chi connectivity index (χ2n) is 18.5. The first-order valence-corrected chi connectivity index (χ1v) is 24.3. The van der Waals surface area contributed by atoms with Gasteiger partial charge in [0, 0.05) is 49.7 Å². The average molecular weight is 905 g/mol. The molecule has 14 rings (SSSR count). The van der Waals surface area contributed by atoms with E-state index in [1.165, 1.54) is 60.0 Å². The van der Waals surface area contributed by atoms with E-state index in [9.17, 15) is 0 Å². The summed E-state index contributed by atoms with van der Waals surface area (Å²) in [5.41, 5.74) is 17.7. The van der Waals surface area contributed by atoms with Crippen molar-refractivity contribution in [3.63, 3.8) is 0 Å². The minimum absolute atomic E-state index is 0.893. The molecule has 0 amide bonds. The number of furan rings is 1. The van der Waals surface area contributed by atoms with Gasteiger partial charge in [0.25, 0.3) is 0 Å². The van der Waals surface area contributed by atoms with Crippen molar-refractivity contribution in [3.05, 3.63) is 267 Å². The quantitative estimate of drug-likeness (QED) is 0.142. The molecule has 3 nitrogen and oxygen atoms in total. The molecule has 0 atom stereocenters. The highest BCUT2D eigenvalue weighted by molar-refractivity contribution is 6.11. The predicted molar refractivity (Wildman–Crippen MR) is 299 cm³/mol. The molecule has 2 aromatic heterocycles. The van der Waals surface area contributed by atoms with Gasteiger partial charge in [-0.3, -0.25) is 0 Å². The maximum Gasteiger partial charge on any atom is 0.143 e. The summed E-state index contributed by atoms with van der Waals surface area (Å²) in [6.07, 6.45) is 0. The fraction of sp³-hybridized carbons (Fsp3) is 0. The topological polar surface area (TPSA) is 21.3 Å². The minimum atomic E-state index is 0.893. The number of nitrogens with zero attached hydrogens (tertiary/aromatic N) is 2. The van der Waals surface area contributed by atoms with Crippen LogP contribution in [0.2, 0.25) is 0 Å². The van der Waals surface area contributed by atoms with Crippen molar-refractivity contribution in [2.75, 3.05) is 4.90 Å². The van der Waals surface area contributed by atoms with Crippen molar-refractivity contribution in [3.8, 4) is 50.2 Å². The van der Waals surface area contributed by atoms with Crippen molar-refractivity contribution in [1.29, 1.82) is 0 Å². The molecule has 0 saturated carbocycles. The third-order valence-electron chi connectivity index (χ3n) is 14.4. The second kappa shape index (κ2) is 16.7. The second-order valence-corrected chi connectivity index (χ2v) is 18.5. The maximum atomic E-state index is 6.56. The summed E-state index contributed by atoms with van der Waals surface area (Å²) in [5, 5.41) is 9.77. The van der Waals surface area contributed by atoms with Crippen LogP contribution < -0.4 is 4.90 Å². The number of benzene rings is 12. The van der Waals surface area contributed by atoms with Gasteiger partial charge in [-0.25, -0.2) is 0 Å². The fourth-order valence-electron chi connectivity index (χ4n) is 11.0. The van der Waals surface area contributed by atoms with Gasteiger partial charge in [-0.05, 0) is 128 Å². The number of para-hydroxylation sites is 5. The zero-order valence-electron chi connectivity index (χ0n) is 38.7. The molecule has 0 unspecified atom stereocenters. The molecule has 14 aromatic rings. The normalized spacial score (nSPS) is 11.7. The molecule has 0 aliphatic carbocycles. The Hall–Kier alpha value is -9.44. The molecule has 332 valence electrons. The lowest BCUT2D eigenvalue weighted by atomic mass is 9.96. The zero-order chi connectivity index (χ0) is 46.8. The highest BCUT2D eigenvalue weighted by Gasteiger charge is 2.19. The Balaban J connectivity index is 0.870. The monoisotopic (exact) mass is 904 g/mol. The summed E-state index contributed by atoms with van der Waals surface area (Å²) in [6.45, 7) is 0. The first kappa shape index (κ1) is 40.6. The molecule has 12 aromatic carbocycles. The van der Waals surface area contributed by atoms with Gasteiger partial charge >= 0.3 is 0 Å². The smallest absolute Gasteiger partial charge is 0.143 e. The van der Waals surface area contributed by atoms with Gasteiger partial charge in [-0.15, -0.1) is 0 Å². The van der Waals surface area contributed by atoms with Gasteiger partial charge in [0.2, 0.25) is 0 Å². The van der Waals surface area contributed by atoms with Gasteiger partial charge in [-0.1, -0.05) is 194 Å². The van der Waals surface area contributed by atoms with Crippen LogP contribution in [0.25, 0.3) is 115 Å². The summed E-state index contributed by atoms with van der Waals surface area (Å²) >= 11 is 0. The van der Waals surface area contributed by atoms with Crippen molar-refractivity contribution in [2.24, 2.45) is 0 Å². The van der Waals surface area contributed by atoms with Crippen LogP contribution in [0.1, 0.15) is 0 Å². The number of aromatic nitrogens is 1. The van der Waals surface area contributed by atoms with Crippen LogP contribution in [-0.2, 0) is 0 Å². The highest BCUT2D eigenvalue weighted by Crippen LogP contribution is 2.43. The zero-order valence-corrected chi connectivity index (χ0v) is 38.7. The summed E-state index contributed by atoms with van der Waals surface area (Å²) in [5.74, 6) is 0. The average Bonchev–Trinajstić information content (AvgIpc) is 4.00. The van der Waals surface area contributed by atoms with Crippen molar-refractivity contribution < 1.29 is 4.42 Å².